The third-order valence-corrected chi connectivity index (χ3v) is 4.87. The second kappa shape index (κ2) is 6.20. The molecule has 0 radical (unpaired) electrons. The van der Waals surface area contributed by atoms with Crippen molar-refractivity contribution < 1.29 is 9.18 Å². The predicted molar refractivity (Wildman–Crippen MR) is 94.9 cm³/mol. The summed E-state index contributed by atoms with van der Waals surface area (Å²) in [6.07, 6.45) is 1.98. The SMILES string of the molecule is Cc1ccccc1C(=O)N1CCn2cccc2C1c1ccccc1F. The van der Waals surface area contributed by atoms with Gasteiger partial charge in [0.15, 0.2) is 0 Å². The van der Waals surface area contributed by atoms with E-state index in [2.05, 4.69) is 4.57 Å². The Labute approximate surface area is 146 Å². The number of fused-ring (bicyclic) bond motifs is 1. The molecular formula is C21H19FN2O. The number of benzene rings is 2. The second-order valence-corrected chi connectivity index (χ2v) is 6.36. The smallest absolute Gasteiger partial charge is 0.255 e. The van der Waals surface area contributed by atoms with Gasteiger partial charge in [-0.15, -0.1) is 0 Å². The molecule has 1 aliphatic rings. The molecule has 1 unspecified atom stereocenters. The van der Waals surface area contributed by atoms with Crippen molar-refractivity contribution in [3.05, 3.63) is 95.1 Å². The molecule has 4 rings (SSSR count). The molecule has 3 aromatic rings. The fraction of sp³-hybridized carbons (Fsp3) is 0.190. The minimum Gasteiger partial charge on any atom is -0.348 e. The van der Waals surface area contributed by atoms with Crippen molar-refractivity contribution in [2.45, 2.75) is 19.5 Å². The highest BCUT2D eigenvalue weighted by Crippen LogP contribution is 2.35. The maximum atomic E-state index is 14.5. The Kier molecular flexibility index (Phi) is 3.88. The van der Waals surface area contributed by atoms with Crippen LogP contribution in [0.3, 0.4) is 0 Å². The molecule has 0 N–H and O–H groups in total. The first kappa shape index (κ1) is 15.6. The number of carbonyl (C=O) groups is 1. The number of aromatic nitrogens is 1. The molecule has 2 heterocycles. The van der Waals surface area contributed by atoms with E-state index >= 15 is 0 Å². The molecule has 25 heavy (non-hydrogen) atoms. The van der Waals surface area contributed by atoms with Crippen LogP contribution in [0.25, 0.3) is 0 Å². The molecule has 0 bridgehead atoms. The van der Waals surface area contributed by atoms with Crippen molar-refractivity contribution >= 4 is 5.91 Å². The van der Waals surface area contributed by atoms with Crippen LogP contribution in [-0.2, 0) is 6.54 Å². The molecular weight excluding hydrogens is 315 g/mol. The fourth-order valence-corrected chi connectivity index (χ4v) is 3.59. The first-order valence-corrected chi connectivity index (χ1v) is 8.43. The summed E-state index contributed by atoms with van der Waals surface area (Å²) >= 11 is 0. The number of carbonyl (C=O) groups excluding carboxylic acids is 1. The van der Waals surface area contributed by atoms with Gasteiger partial charge in [0.2, 0.25) is 0 Å². The van der Waals surface area contributed by atoms with E-state index in [1.165, 1.54) is 6.07 Å². The van der Waals surface area contributed by atoms with Gasteiger partial charge >= 0.3 is 0 Å². The number of aryl methyl sites for hydroxylation is 1. The molecule has 0 saturated carbocycles. The van der Waals surface area contributed by atoms with Crippen LogP contribution < -0.4 is 0 Å². The summed E-state index contributed by atoms with van der Waals surface area (Å²) in [6, 6.07) is 17.8. The molecule has 2 aromatic carbocycles. The molecule has 0 saturated heterocycles. The molecule has 0 aliphatic carbocycles. The van der Waals surface area contributed by atoms with Crippen LogP contribution in [0, 0.1) is 12.7 Å². The normalized spacial score (nSPS) is 16.6. The Balaban J connectivity index is 1.83. The van der Waals surface area contributed by atoms with Gasteiger partial charge in [0.05, 0.1) is 0 Å². The average molecular weight is 334 g/mol. The Morgan fingerprint density at radius 1 is 1.00 bits per heavy atom. The van der Waals surface area contributed by atoms with E-state index in [0.717, 1.165) is 11.3 Å². The van der Waals surface area contributed by atoms with E-state index in [1.807, 2.05) is 55.6 Å². The van der Waals surface area contributed by atoms with E-state index in [0.29, 0.717) is 24.2 Å². The Morgan fingerprint density at radius 2 is 1.76 bits per heavy atom. The molecule has 4 heteroatoms. The van der Waals surface area contributed by atoms with Crippen molar-refractivity contribution in [2.24, 2.45) is 0 Å². The van der Waals surface area contributed by atoms with Crippen LogP contribution in [0.4, 0.5) is 4.39 Å². The van der Waals surface area contributed by atoms with E-state index in [-0.39, 0.29) is 11.7 Å². The number of nitrogens with zero attached hydrogens (tertiary/aromatic N) is 2. The number of hydrogen-bond acceptors (Lipinski definition) is 1. The van der Waals surface area contributed by atoms with Crippen molar-refractivity contribution in [1.82, 2.24) is 9.47 Å². The molecule has 0 spiro atoms. The van der Waals surface area contributed by atoms with Crippen molar-refractivity contribution in [3.8, 4) is 0 Å². The Hall–Kier alpha value is -2.88. The fourth-order valence-electron chi connectivity index (χ4n) is 3.59. The summed E-state index contributed by atoms with van der Waals surface area (Å²) in [5.41, 5.74) is 3.08. The molecule has 3 nitrogen and oxygen atoms in total. The summed E-state index contributed by atoms with van der Waals surface area (Å²) in [5.74, 6) is -0.344. The molecule has 1 atom stereocenters. The standard InChI is InChI=1S/C21H19FN2O/c1-15-7-2-3-8-16(15)21(25)24-14-13-23-12-6-11-19(23)20(24)17-9-4-5-10-18(17)22/h2-12,20H,13-14H2,1H3. The summed E-state index contributed by atoms with van der Waals surface area (Å²) in [5, 5.41) is 0. The number of halogens is 1. The van der Waals surface area contributed by atoms with E-state index < -0.39 is 6.04 Å². The topological polar surface area (TPSA) is 25.2 Å². The summed E-state index contributed by atoms with van der Waals surface area (Å²) in [7, 11) is 0. The number of amides is 1. The van der Waals surface area contributed by atoms with Crippen LogP contribution in [0.5, 0.6) is 0 Å². The first-order valence-electron chi connectivity index (χ1n) is 8.43. The molecule has 1 aromatic heterocycles. The van der Waals surface area contributed by atoms with Gasteiger partial charge in [-0.1, -0.05) is 36.4 Å². The van der Waals surface area contributed by atoms with Gasteiger partial charge in [0.25, 0.3) is 5.91 Å². The molecule has 1 amide bonds. The lowest BCUT2D eigenvalue weighted by atomic mass is 9.97. The maximum absolute atomic E-state index is 14.5. The van der Waals surface area contributed by atoms with Gasteiger partial charge < -0.3 is 9.47 Å². The average Bonchev–Trinajstić information content (AvgIpc) is 3.10. The highest BCUT2D eigenvalue weighted by molar-refractivity contribution is 5.96. The van der Waals surface area contributed by atoms with E-state index in [1.54, 1.807) is 17.0 Å². The molecule has 1 aliphatic heterocycles. The van der Waals surface area contributed by atoms with Crippen LogP contribution in [-0.4, -0.2) is 21.9 Å². The summed E-state index contributed by atoms with van der Waals surface area (Å²) in [4.78, 5) is 15.0. The third-order valence-electron chi connectivity index (χ3n) is 4.87. The lowest BCUT2D eigenvalue weighted by molar-refractivity contribution is 0.0660. The van der Waals surface area contributed by atoms with Gasteiger partial charge in [0.1, 0.15) is 11.9 Å². The maximum Gasteiger partial charge on any atom is 0.255 e. The third kappa shape index (κ3) is 2.64. The largest absolute Gasteiger partial charge is 0.348 e. The van der Waals surface area contributed by atoms with Gasteiger partial charge in [-0.05, 0) is 36.8 Å². The first-order chi connectivity index (χ1) is 12.2. The highest BCUT2D eigenvalue weighted by Gasteiger charge is 2.34. The zero-order valence-corrected chi connectivity index (χ0v) is 14.0. The predicted octanol–water partition coefficient (Wildman–Crippen LogP) is 4.18. The van der Waals surface area contributed by atoms with E-state index in [9.17, 15) is 9.18 Å². The van der Waals surface area contributed by atoms with Crippen molar-refractivity contribution in [1.29, 1.82) is 0 Å². The van der Waals surface area contributed by atoms with E-state index in [4.69, 9.17) is 0 Å². The quantitative estimate of drug-likeness (QED) is 0.690. The van der Waals surface area contributed by atoms with Gasteiger partial charge in [-0.2, -0.15) is 0 Å². The minimum atomic E-state index is -0.419. The molecule has 0 fully saturated rings. The number of hydrogen-bond donors (Lipinski definition) is 0. The van der Waals surface area contributed by atoms with Crippen molar-refractivity contribution in [2.75, 3.05) is 6.54 Å². The van der Waals surface area contributed by atoms with Gasteiger partial charge in [-0.3, -0.25) is 4.79 Å². The Morgan fingerprint density at radius 3 is 2.56 bits per heavy atom. The zero-order valence-electron chi connectivity index (χ0n) is 14.0. The Bertz CT molecular complexity index is 931. The lowest BCUT2D eigenvalue weighted by Gasteiger charge is -2.37. The van der Waals surface area contributed by atoms with Gasteiger partial charge in [0, 0.05) is 36.1 Å². The van der Waals surface area contributed by atoms with Crippen molar-refractivity contribution in [3.63, 3.8) is 0 Å². The van der Waals surface area contributed by atoms with Crippen LogP contribution >= 0.6 is 0 Å². The van der Waals surface area contributed by atoms with Crippen LogP contribution in [0.15, 0.2) is 66.9 Å². The van der Waals surface area contributed by atoms with Crippen LogP contribution in [0.1, 0.15) is 33.2 Å². The zero-order chi connectivity index (χ0) is 17.4. The molecule has 126 valence electrons. The summed E-state index contributed by atoms with van der Waals surface area (Å²) in [6.45, 7) is 3.19. The monoisotopic (exact) mass is 334 g/mol. The highest BCUT2D eigenvalue weighted by atomic mass is 19.1. The lowest BCUT2D eigenvalue weighted by Crippen LogP contribution is -2.42. The second-order valence-electron chi connectivity index (χ2n) is 6.36. The minimum absolute atomic E-state index is 0.0567. The van der Waals surface area contributed by atoms with Crippen LogP contribution in [0.2, 0.25) is 0 Å². The number of rotatable bonds is 2. The summed E-state index contributed by atoms with van der Waals surface area (Å²) < 4.78 is 16.6. The van der Waals surface area contributed by atoms with Gasteiger partial charge in [-0.25, -0.2) is 4.39 Å².